The van der Waals surface area contributed by atoms with E-state index in [0.29, 0.717) is 32.3 Å². The van der Waals surface area contributed by atoms with Gasteiger partial charge in [-0.1, -0.05) is 189 Å². The standard InChI is InChI=1S/C25H23NO3.C15H16O2.C9H9NO2.CH4.Li/c27-24(26-23(18-29-25(26)28)17-20-7-3-1-4-8-20)16-13-19-11-14-22(15-12-19)21-9-5-2-6-10-21;16-15(17)11-8-12-6-9-14(10-7-12)13-4-2-1-3-5-13;11-9-10-8(6-12-9)7-4-2-1-3-5-7;;/h1-12,14-15,23H,13,16-18H2;1-7,9-10,15-17H,8,11H2;1-5,8H,6H2,(H,10,11);1H4;/q;;;;+1/p-1/t23-;;;;/m0..../s1. The van der Waals surface area contributed by atoms with Crippen molar-refractivity contribution in [1.29, 1.82) is 0 Å². The Morgan fingerprint density at radius 2 is 1.07 bits per heavy atom. The molecule has 0 saturated carbocycles. The molecule has 0 spiro atoms. The van der Waals surface area contributed by atoms with Gasteiger partial charge in [-0.25, -0.2) is 9.69 Å². The van der Waals surface area contributed by atoms with E-state index in [1.165, 1.54) is 21.6 Å². The molecule has 8 rings (SSSR count). The van der Waals surface area contributed by atoms with Crippen LogP contribution in [0.15, 0.2) is 170 Å². The maximum atomic E-state index is 12.7. The van der Waals surface area contributed by atoms with E-state index in [1.807, 2.05) is 121 Å². The third-order valence-corrected chi connectivity index (χ3v) is 9.80. The van der Waals surface area contributed by atoms with Gasteiger partial charge in [0, 0.05) is 12.8 Å². The van der Waals surface area contributed by atoms with Crippen molar-refractivity contribution >= 4 is 18.1 Å². The van der Waals surface area contributed by atoms with Crippen molar-refractivity contribution in [3.63, 3.8) is 0 Å². The molecule has 60 heavy (non-hydrogen) atoms. The number of aliphatic hydroxyl groups is 2. The second kappa shape index (κ2) is 24.2. The van der Waals surface area contributed by atoms with E-state index >= 15 is 0 Å². The minimum atomic E-state index is -1.22. The van der Waals surface area contributed by atoms with Crippen LogP contribution in [-0.4, -0.2) is 58.8 Å². The minimum absolute atomic E-state index is 0. The number of benzene rings is 6. The summed E-state index contributed by atoms with van der Waals surface area (Å²) in [5.41, 5.74) is 9.00. The number of hydrogen-bond acceptors (Lipinski definition) is 7. The largest absolute Gasteiger partial charge is 1.00 e. The van der Waals surface area contributed by atoms with Crippen molar-refractivity contribution < 1.29 is 52.9 Å². The average Bonchev–Trinajstić information content (AvgIpc) is 3.88. The van der Waals surface area contributed by atoms with Gasteiger partial charge in [-0.2, -0.15) is 0 Å². The Balaban J connectivity index is 0.000000217. The fraction of sp³-hybridized carbons (Fsp3) is 0.220. The van der Waals surface area contributed by atoms with Crippen LogP contribution in [0.25, 0.3) is 27.6 Å². The predicted octanol–water partition coefficient (Wildman–Crippen LogP) is 7.36. The predicted molar refractivity (Wildman–Crippen MR) is 231 cm³/mol. The number of cyclic esters (lactones) is 2. The summed E-state index contributed by atoms with van der Waals surface area (Å²) in [4.78, 5) is 36.8. The molecular weight excluding hydrogens is 747 g/mol. The van der Waals surface area contributed by atoms with Crippen LogP contribution >= 0.6 is 0 Å². The van der Waals surface area contributed by atoms with Crippen LogP contribution in [0.1, 0.15) is 48.6 Å². The Kier molecular flexibility index (Phi) is 18.9. The van der Waals surface area contributed by atoms with Gasteiger partial charge in [0.2, 0.25) is 12.0 Å². The molecule has 2 atom stereocenters. The van der Waals surface area contributed by atoms with Crippen LogP contribution in [0.2, 0.25) is 0 Å². The molecule has 0 aromatic heterocycles. The summed E-state index contributed by atoms with van der Waals surface area (Å²) in [5.74, 6) is -0.180. The zero-order valence-electron chi connectivity index (χ0n) is 33.2. The summed E-state index contributed by atoms with van der Waals surface area (Å²) in [5, 5.41) is 21.4. The molecule has 2 saturated heterocycles. The van der Waals surface area contributed by atoms with Gasteiger partial charge in [0.1, 0.15) is 6.61 Å². The van der Waals surface area contributed by atoms with E-state index in [2.05, 4.69) is 53.8 Å². The maximum Gasteiger partial charge on any atom is 1.00 e. The van der Waals surface area contributed by atoms with E-state index in [4.69, 9.17) is 19.7 Å². The molecule has 2 aliphatic heterocycles. The normalized spacial score (nSPS) is 15.1. The number of imide groups is 1. The Morgan fingerprint density at radius 3 is 1.55 bits per heavy atom. The van der Waals surface area contributed by atoms with Crippen LogP contribution in [0.4, 0.5) is 9.59 Å². The van der Waals surface area contributed by atoms with Crippen LogP contribution < -0.4 is 18.9 Å². The van der Waals surface area contributed by atoms with Gasteiger partial charge in [0.25, 0.3) is 0 Å². The average molecular weight is 799 g/mol. The monoisotopic (exact) mass is 798 g/mol. The molecule has 10 heteroatoms. The van der Waals surface area contributed by atoms with Crippen molar-refractivity contribution in [2.75, 3.05) is 13.2 Å². The van der Waals surface area contributed by atoms with E-state index in [0.717, 1.165) is 27.8 Å². The molecule has 2 aliphatic rings. The van der Waals surface area contributed by atoms with E-state index in [9.17, 15) is 14.4 Å². The third-order valence-electron chi connectivity index (χ3n) is 9.80. The van der Waals surface area contributed by atoms with Crippen LogP contribution in [0.5, 0.6) is 0 Å². The molecule has 6 aromatic rings. The van der Waals surface area contributed by atoms with Crippen molar-refractivity contribution in [1.82, 2.24) is 4.90 Å². The van der Waals surface area contributed by atoms with Crippen molar-refractivity contribution in [3.05, 3.63) is 197 Å². The van der Waals surface area contributed by atoms with Crippen LogP contribution in [0, 0.1) is 0 Å². The van der Waals surface area contributed by atoms with E-state index in [-0.39, 0.29) is 57.3 Å². The van der Waals surface area contributed by atoms with Crippen molar-refractivity contribution in [3.8, 4) is 22.3 Å². The first kappa shape index (κ1) is 46.7. The first-order chi connectivity index (χ1) is 28.3. The summed E-state index contributed by atoms with van der Waals surface area (Å²) in [6.45, 7) is 0.633. The minimum Gasteiger partial charge on any atom is -0.608 e. The number of carbonyl (C=O) groups is 3. The van der Waals surface area contributed by atoms with E-state index < -0.39 is 18.5 Å². The number of hydrogen-bond donors (Lipinski definition) is 2. The molecule has 6 aromatic carbocycles. The molecule has 0 radical (unpaired) electrons. The van der Waals surface area contributed by atoms with Gasteiger partial charge in [-0.05, 0) is 58.2 Å². The number of ether oxygens (including phenoxy) is 2. The molecule has 304 valence electrons. The van der Waals surface area contributed by atoms with Crippen LogP contribution in [-0.2, 0) is 33.5 Å². The van der Waals surface area contributed by atoms with Gasteiger partial charge >= 0.3 is 25.0 Å². The van der Waals surface area contributed by atoms with Crippen molar-refractivity contribution in [2.45, 2.75) is 57.9 Å². The third kappa shape index (κ3) is 14.1. The van der Waals surface area contributed by atoms with Crippen LogP contribution in [0.3, 0.4) is 0 Å². The number of rotatable bonds is 11. The molecule has 9 nitrogen and oxygen atoms in total. The Labute approximate surface area is 365 Å². The first-order valence-corrected chi connectivity index (χ1v) is 19.4. The first-order valence-electron chi connectivity index (χ1n) is 19.4. The second-order valence-electron chi connectivity index (χ2n) is 14.0. The molecular formula is C50H51LiN2O7. The summed E-state index contributed by atoms with van der Waals surface area (Å²) in [6, 6.07) is 56.0. The van der Waals surface area contributed by atoms with Crippen molar-refractivity contribution in [2.24, 2.45) is 0 Å². The molecule has 2 N–H and O–H groups in total. The molecule has 0 bridgehead atoms. The number of nitrogens with zero attached hydrogens (tertiary/aromatic N) is 2. The maximum absolute atomic E-state index is 12.7. The fourth-order valence-electron chi connectivity index (χ4n) is 6.66. The quantitative estimate of drug-likeness (QED) is 0.104. The van der Waals surface area contributed by atoms with Gasteiger partial charge in [0.05, 0.1) is 12.6 Å². The van der Waals surface area contributed by atoms with Gasteiger partial charge in [-0.3, -0.25) is 9.59 Å². The van der Waals surface area contributed by atoms with E-state index in [1.54, 1.807) is 0 Å². The van der Waals surface area contributed by atoms with Gasteiger partial charge in [-0.15, -0.1) is 0 Å². The number of carbonyl (C=O) groups excluding carboxylic acids is 3. The number of aryl methyl sites for hydroxylation is 2. The Hall–Kier alpha value is -5.95. The molecule has 2 heterocycles. The summed E-state index contributed by atoms with van der Waals surface area (Å²) in [6.07, 6.45) is 0.352. The summed E-state index contributed by atoms with van der Waals surface area (Å²) >= 11 is 0. The SMILES string of the molecule is C.O=C(CCc1ccc(-c2ccccc2)cc1)N1C(=O)OC[C@@H]1Cc1ccccc1.O=C1[N-]C(c2ccccc2)CO1.OC(O)CCc1ccc(-c2ccccc2)cc1.[Li+]. The smallest absolute Gasteiger partial charge is 0.608 e. The number of aliphatic hydroxyl groups excluding tert-OH is 1. The molecule has 1 unspecified atom stereocenters. The Bertz CT molecular complexity index is 2170. The summed E-state index contributed by atoms with van der Waals surface area (Å²) < 4.78 is 9.87. The summed E-state index contributed by atoms with van der Waals surface area (Å²) in [7, 11) is 0. The zero-order chi connectivity index (χ0) is 40.5. The molecule has 2 fully saturated rings. The number of amides is 3. The van der Waals surface area contributed by atoms with Gasteiger partial charge in [0.15, 0.2) is 6.29 Å². The Morgan fingerprint density at radius 1 is 0.600 bits per heavy atom. The second-order valence-corrected chi connectivity index (χ2v) is 14.0. The fourth-order valence-corrected chi connectivity index (χ4v) is 6.66. The van der Waals surface area contributed by atoms with Gasteiger partial charge < -0.3 is 25.0 Å². The molecule has 0 aliphatic carbocycles. The topological polar surface area (TPSA) is 127 Å². The molecule has 3 amide bonds. The zero-order valence-corrected chi connectivity index (χ0v) is 33.2.